The zero-order valence-electron chi connectivity index (χ0n) is 9.99. The minimum Gasteiger partial charge on any atom is -0.370 e. The molecule has 2 rings (SSSR count). The summed E-state index contributed by atoms with van der Waals surface area (Å²) >= 11 is 2.27. The van der Waals surface area contributed by atoms with Gasteiger partial charge in [0.15, 0.2) is 5.78 Å². The molecule has 0 radical (unpaired) electrons. The van der Waals surface area contributed by atoms with Gasteiger partial charge in [-0.1, -0.05) is 12.1 Å². The molecule has 1 aromatic rings. The van der Waals surface area contributed by atoms with Crippen molar-refractivity contribution in [1.29, 1.82) is 0 Å². The Bertz CT molecular complexity index is 382. The Labute approximate surface area is 116 Å². The zero-order valence-corrected chi connectivity index (χ0v) is 12.1. The quantitative estimate of drug-likeness (QED) is 0.741. The summed E-state index contributed by atoms with van der Waals surface area (Å²) < 4.78 is 6.77. The molecule has 1 aromatic carbocycles. The van der Waals surface area contributed by atoms with Crippen LogP contribution >= 0.6 is 22.6 Å². The van der Waals surface area contributed by atoms with E-state index < -0.39 is 0 Å². The fourth-order valence-electron chi connectivity index (χ4n) is 1.97. The average Bonchev–Trinajstić information content (AvgIpc) is 3.13. The summed E-state index contributed by atoms with van der Waals surface area (Å²) in [4.78, 5) is 12.1. The summed E-state index contributed by atoms with van der Waals surface area (Å²) in [5.41, 5.74) is 1.08. The third-order valence-corrected chi connectivity index (χ3v) is 3.72. The lowest BCUT2D eigenvalue weighted by Crippen LogP contribution is -2.28. The van der Waals surface area contributed by atoms with Gasteiger partial charge < -0.3 is 4.74 Å². The van der Waals surface area contributed by atoms with Crippen LogP contribution in [0.1, 0.15) is 25.3 Å². The maximum absolute atomic E-state index is 12.1. The van der Waals surface area contributed by atoms with E-state index >= 15 is 0 Å². The van der Waals surface area contributed by atoms with Crippen LogP contribution in [0.4, 0.5) is 0 Å². The number of hydrogen-bond donors (Lipinski definition) is 0. The van der Waals surface area contributed by atoms with E-state index in [4.69, 9.17) is 4.74 Å². The Kier molecular flexibility index (Phi) is 4.56. The number of hydrogen-bond acceptors (Lipinski definition) is 2. The zero-order chi connectivity index (χ0) is 12.3. The molecule has 1 saturated carbocycles. The van der Waals surface area contributed by atoms with Crippen molar-refractivity contribution < 1.29 is 9.53 Å². The molecule has 1 unspecified atom stereocenters. The van der Waals surface area contributed by atoms with Crippen LogP contribution in [0, 0.1) is 9.49 Å². The molecule has 3 heteroatoms. The van der Waals surface area contributed by atoms with Crippen LogP contribution < -0.4 is 0 Å². The van der Waals surface area contributed by atoms with Crippen molar-refractivity contribution in [1.82, 2.24) is 0 Å². The molecule has 2 nitrogen and oxygen atoms in total. The van der Waals surface area contributed by atoms with Crippen LogP contribution in [-0.4, -0.2) is 18.5 Å². The lowest BCUT2D eigenvalue weighted by molar-refractivity contribution is -0.130. The number of Topliss-reactive ketones (excluding diaryl/α,β-unsaturated/α-hetero) is 1. The van der Waals surface area contributed by atoms with Gasteiger partial charge in [-0.05, 0) is 66.0 Å². The van der Waals surface area contributed by atoms with Crippen LogP contribution in [0.25, 0.3) is 0 Å². The number of benzene rings is 1. The van der Waals surface area contributed by atoms with Crippen molar-refractivity contribution >= 4 is 28.4 Å². The second-order valence-corrected chi connectivity index (χ2v) is 5.73. The molecule has 0 saturated heterocycles. The van der Waals surface area contributed by atoms with Crippen LogP contribution in [0.15, 0.2) is 24.3 Å². The van der Waals surface area contributed by atoms with E-state index in [9.17, 15) is 4.79 Å². The summed E-state index contributed by atoms with van der Waals surface area (Å²) in [5.74, 6) is 0.710. The molecule has 0 amide bonds. The van der Waals surface area contributed by atoms with E-state index in [0.717, 1.165) is 18.4 Å². The highest BCUT2D eigenvalue weighted by atomic mass is 127. The van der Waals surface area contributed by atoms with Crippen molar-refractivity contribution in [2.45, 2.75) is 32.3 Å². The fraction of sp³-hybridized carbons (Fsp3) is 0.500. The molecule has 0 spiro atoms. The first-order chi connectivity index (χ1) is 8.20. The maximum atomic E-state index is 12.1. The molecule has 1 atom stereocenters. The summed E-state index contributed by atoms with van der Waals surface area (Å²) in [7, 11) is 0. The highest BCUT2D eigenvalue weighted by Crippen LogP contribution is 2.35. The minimum absolute atomic E-state index is 0.167. The molecule has 0 aromatic heterocycles. The predicted molar refractivity (Wildman–Crippen MR) is 76.0 cm³/mol. The number of halogens is 1. The lowest BCUT2D eigenvalue weighted by atomic mass is 10.0. The Morgan fingerprint density at radius 1 is 1.41 bits per heavy atom. The molecule has 17 heavy (non-hydrogen) atoms. The lowest BCUT2D eigenvalue weighted by Gasteiger charge is -2.15. The van der Waals surface area contributed by atoms with E-state index in [1.807, 2.05) is 31.2 Å². The Morgan fingerprint density at radius 3 is 2.59 bits per heavy atom. The third-order valence-electron chi connectivity index (χ3n) is 3.01. The van der Waals surface area contributed by atoms with Crippen LogP contribution in [0.5, 0.6) is 0 Å². The van der Waals surface area contributed by atoms with Crippen LogP contribution in [-0.2, 0) is 16.0 Å². The molecule has 0 N–H and O–H groups in total. The van der Waals surface area contributed by atoms with Crippen molar-refractivity contribution in [3.05, 3.63) is 33.4 Å². The number of ketones is 1. The van der Waals surface area contributed by atoms with Gasteiger partial charge in [-0.25, -0.2) is 0 Å². The maximum Gasteiger partial charge on any atom is 0.166 e. The summed E-state index contributed by atoms with van der Waals surface area (Å²) in [6.45, 7) is 2.58. The average molecular weight is 344 g/mol. The van der Waals surface area contributed by atoms with Gasteiger partial charge >= 0.3 is 0 Å². The van der Waals surface area contributed by atoms with Gasteiger partial charge in [0.1, 0.15) is 6.10 Å². The summed E-state index contributed by atoms with van der Waals surface area (Å²) in [6.07, 6.45) is 2.61. The standard InChI is InChI=1S/C14H17IO2/c1-2-17-14(11-5-6-11)13(16)9-10-3-7-12(15)8-4-10/h3-4,7-8,11,14H,2,5-6,9H2,1H3. The molecule has 0 aliphatic heterocycles. The van der Waals surface area contributed by atoms with E-state index in [1.54, 1.807) is 0 Å². The highest BCUT2D eigenvalue weighted by Gasteiger charge is 2.36. The first-order valence-electron chi connectivity index (χ1n) is 6.09. The Hall–Kier alpha value is -0.420. The van der Waals surface area contributed by atoms with Crippen molar-refractivity contribution in [2.75, 3.05) is 6.61 Å². The largest absolute Gasteiger partial charge is 0.370 e. The van der Waals surface area contributed by atoms with Gasteiger partial charge in [-0.2, -0.15) is 0 Å². The smallest absolute Gasteiger partial charge is 0.166 e. The highest BCUT2D eigenvalue weighted by molar-refractivity contribution is 14.1. The molecule has 1 aliphatic carbocycles. The van der Waals surface area contributed by atoms with Crippen molar-refractivity contribution in [3.8, 4) is 0 Å². The number of ether oxygens (including phenoxy) is 1. The molecule has 1 fully saturated rings. The first-order valence-corrected chi connectivity index (χ1v) is 7.17. The van der Waals surface area contributed by atoms with Crippen LogP contribution in [0.2, 0.25) is 0 Å². The van der Waals surface area contributed by atoms with Gasteiger partial charge in [0.25, 0.3) is 0 Å². The van der Waals surface area contributed by atoms with Gasteiger partial charge in [-0.15, -0.1) is 0 Å². The van der Waals surface area contributed by atoms with Gasteiger partial charge in [0, 0.05) is 16.6 Å². The first kappa shape index (κ1) is 13.0. The second-order valence-electron chi connectivity index (χ2n) is 4.48. The van der Waals surface area contributed by atoms with Crippen molar-refractivity contribution in [3.63, 3.8) is 0 Å². The summed E-state index contributed by atoms with van der Waals surface area (Å²) in [6, 6.07) is 8.12. The molecular formula is C14H17IO2. The molecule has 92 valence electrons. The SMILES string of the molecule is CCOC(C(=O)Cc1ccc(I)cc1)C1CC1. The van der Waals surface area contributed by atoms with Gasteiger partial charge in [-0.3, -0.25) is 4.79 Å². The molecule has 1 aliphatic rings. The number of carbonyl (C=O) groups is 1. The number of rotatable bonds is 6. The Balaban J connectivity index is 1.96. The third kappa shape index (κ3) is 3.78. The van der Waals surface area contributed by atoms with E-state index in [1.165, 1.54) is 3.57 Å². The van der Waals surface area contributed by atoms with E-state index in [0.29, 0.717) is 18.9 Å². The monoisotopic (exact) mass is 344 g/mol. The molecule has 0 heterocycles. The molecule has 0 bridgehead atoms. The van der Waals surface area contributed by atoms with E-state index in [2.05, 4.69) is 22.6 Å². The molecular weight excluding hydrogens is 327 g/mol. The van der Waals surface area contributed by atoms with E-state index in [-0.39, 0.29) is 11.9 Å². The van der Waals surface area contributed by atoms with Gasteiger partial charge in [0.2, 0.25) is 0 Å². The van der Waals surface area contributed by atoms with Gasteiger partial charge in [0.05, 0.1) is 0 Å². The normalized spacial score (nSPS) is 16.8. The fourth-order valence-corrected chi connectivity index (χ4v) is 2.33. The summed E-state index contributed by atoms with van der Waals surface area (Å²) in [5, 5.41) is 0. The van der Waals surface area contributed by atoms with Crippen molar-refractivity contribution in [2.24, 2.45) is 5.92 Å². The topological polar surface area (TPSA) is 26.3 Å². The second kappa shape index (κ2) is 5.96. The number of carbonyl (C=O) groups excluding carboxylic acids is 1. The predicted octanol–water partition coefficient (Wildman–Crippen LogP) is 3.22. The Morgan fingerprint density at radius 2 is 2.06 bits per heavy atom. The minimum atomic E-state index is -0.167. The van der Waals surface area contributed by atoms with Crippen LogP contribution in [0.3, 0.4) is 0 Å².